The fourth-order valence-corrected chi connectivity index (χ4v) is 4.70. The molecule has 2 nitrogen and oxygen atoms in total. The summed E-state index contributed by atoms with van der Waals surface area (Å²) in [6, 6.07) is 8.24. The molecular formula is C26H33F3O2. The number of halogens is 3. The average Bonchev–Trinajstić information content (AvgIpc) is 2.76. The summed E-state index contributed by atoms with van der Waals surface area (Å²) in [7, 11) is 0. The molecular weight excluding hydrogens is 401 g/mol. The van der Waals surface area contributed by atoms with E-state index < -0.39 is 17.7 Å². The lowest BCUT2D eigenvalue weighted by atomic mass is 9.76. The Morgan fingerprint density at radius 1 is 1.00 bits per heavy atom. The van der Waals surface area contributed by atoms with Crippen LogP contribution in [-0.2, 0) is 6.42 Å². The standard InChI is InChI=1S/C26H33F3O2/c1-3-5-24(30)22-14-12-19(25(28)26(22)29)11-8-17-6-9-18(10-7-17)21-15-13-20(31-4-2)16-23(21)27/h12-18,24,30H,3-11H2,1-2H3. The highest BCUT2D eigenvalue weighted by atomic mass is 19.2. The summed E-state index contributed by atoms with van der Waals surface area (Å²) < 4.78 is 48.7. The fourth-order valence-electron chi connectivity index (χ4n) is 4.70. The summed E-state index contributed by atoms with van der Waals surface area (Å²) in [4.78, 5) is 0. The second-order valence-electron chi connectivity index (χ2n) is 8.62. The Hall–Kier alpha value is -2.01. The number of aryl methyl sites for hydroxylation is 1. The first-order valence-electron chi connectivity index (χ1n) is 11.5. The molecule has 170 valence electrons. The Labute approximate surface area is 183 Å². The van der Waals surface area contributed by atoms with Crippen molar-refractivity contribution in [2.75, 3.05) is 6.61 Å². The first kappa shape index (κ1) is 23.6. The minimum atomic E-state index is -0.966. The van der Waals surface area contributed by atoms with E-state index in [4.69, 9.17) is 4.74 Å². The molecule has 0 radical (unpaired) electrons. The van der Waals surface area contributed by atoms with E-state index in [1.807, 2.05) is 26.0 Å². The summed E-state index contributed by atoms with van der Waals surface area (Å²) in [6.45, 7) is 4.28. The normalized spacial score (nSPS) is 19.9. The van der Waals surface area contributed by atoms with Crippen LogP contribution in [0.25, 0.3) is 0 Å². The van der Waals surface area contributed by atoms with Gasteiger partial charge >= 0.3 is 0 Å². The zero-order valence-corrected chi connectivity index (χ0v) is 18.5. The van der Waals surface area contributed by atoms with Crippen molar-refractivity contribution >= 4 is 0 Å². The summed E-state index contributed by atoms with van der Waals surface area (Å²) >= 11 is 0. The lowest BCUT2D eigenvalue weighted by Gasteiger charge is -2.29. The van der Waals surface area contributed by atoms with Crippen molar-refractivity contribution in [3.63, 3.8) is 0 Å². The summed E-state index contributed by atoms with van der Waals surface area (Å²) in [5, 5.41) is 9.99. The van der Waals surface area contributed by atoms with Crippen LogP contribution in [0.15, 0.2) is 30.3 Å². The molecule has 0 saturated heterocycles. The zero-order valence-electron chi connectivity index (χ0n) is 18.5. The molecule has 1 saturated carbocycles. The SMILES string of the molecule is CCCC(O)c1ccc(CCC2CCC(c3ccc(OCC)cc3F)CC2)c(F)c1F. The van der Waals surface area contributed by atoms with Gasteiger partial charge in [0.15, 0.2) is 11.6 Å². The van der Waals surface area contributed by atoms with Gasteiger partial charge in [-0.15, -0.1) is 0 Å². The van der Waals surface area contributed by atoms with Gasteiger partial charge in [0.25, 0.3) is 0 Å². The summed E-state index contributed by atoms with van der Waals surface area (Å²) in [6.07, 6.45) is 5.10. The van der Waals surface area contributed by atoms with Crippen LogP contribution < -0.4 is 4.74 Å². The Balaban J connectivity index is 1.54. The predicted molar refractivity (Wildman–Crippen MR) is 117 cm³/mol. The number of aliphatic hydroxyl groups excluding tert-OH is 1. The maximum absolute atomic E-state index is 14.5. The van der Waals surface area contributed by atoms with Gasteiger partial charge in [0.05, 0.1) is 12.7 Å². The third-order valence-corrected chi connectivity index (χ3v) is 6.50. The van der Waals surface area contributed by atoms with Gasteiger partial charge in [0.2, 0.25) is 0 Å². The molecule has 1 aliphatic rings. The van der Waals surface area contributed by atoms with Crippen LogP contribution in [0.5, 0.6) is 5.75 Å². The molecule has 0 spiro atoms. The lowest BCUT2D eigenvalue weighted by molar-refractivity contribution is 0.160. The van der Waals surface area contributed by atoms with Crippen molar-refractivity contribution in [1.82, 2.24) is 0 Å². The van der Waals surface area contributed by atoms with Crippen molar-refractivity contribution < 1.29 is 23.0 Å². The first-order valence-corrected chi connectivity index (χ1v) is 11.5. The largest absolute Gasteiger partial charge is 0.494 e. The van der Waals surface area contributed by atoms with Gasteiger partial charge in [-0.3, -0.25) is 0 Å². The fraction of sp³-hybridized carbons (Fsp3) is 0.538. The number of benzene rings is 2. The van der Waals surface area contributed by atoms with Gasteiger partial charge in [0, 0.05) is 11.6 Å². The van der Waals surface area contributed by atoms with Gasteiger partial charge in [-0.1, -0.05) is 31.5 Å². The van der Waals surface area contributed by atoms with Gasteiger partial charge < -0.3 is 9.84 Å². The predicted octanol–water partition coefficient (Wildman–Crippen LogP) is 7.24. The van der Waals surface area contributed by atoms with Crippen LogP contribution in [-0.4, -0.2) is 11.7 Å². The van der Waals surface area contributed by atoms with Crippen LogP contribution in [0.1, 0.15) is 87.5 Å². The van der Waals surface area contributed by atoms with Crippen LogP contribution in [0, 0.1) is 23.4 Å². The van der Waals surface area contributed by atoms with Crippen LogP contribution in [0.2, 0.25) is 0 Å². The highest BCUT2D eigenvalue weighted by Gasteiger charge is 2.25. The second-order valence-corrected chi connectivity index (χ2v) is 8.62. The Bertz CT molecular complexity index is 860. The Morgan fingerprint density at radius 3 is 2.39 bits per heavy atom. The van der Waals surface area contributed by atoms with E-state index in [9.17, 15) is 18.3 Å². The van der Waals surface area contributed by atoms with E-state index in [1.54, 1.807) is 6.07 Å². The molecule has 1 aliphatic carbocycles. The van der Waals surface area contributed by atoms with Crippen LogP contribution in [0.4, 0.5) is 13.2 Å². The number of hydrogen-bond donors (Lipinski definition) is 1. The number of rotatable bonds is 9. The smallest absolute Gasteiger partial charge is 0.164 e. The highest BCUT2D eigenvalue weighted by Crippen LogP contribution is 2.39. The monoisotopic (exact) mass is 434 g/mol. The molecule has 5 heteroatoms. The maximum Gasteiger partial charge on any atom is 0.164 e. The molecule has 2 aromatic rings. The second kappa shape index (κ2) is 11.0. The zero-order chi connectivity index (χ0) is 22.4. The molecule has 0 amide bonds. The number of hydrogen-bond acceptors (Lipinski definition) is 2. The van der Waals surface area contributed by atoms with E-state index in [-0.39, 0.29) is 17.3 Å². The average molecular weight is 435 g/mol. The molecule has 31 heavy (non-hydrogen) atoms. The van der Waals surface area contributed by atoms with E-state index in [1.165, 1.54) is 12.1 Å². The molecule has 1 N–H and O–H groups in total. The molecule has 3 rings (SSSR count). The van der Waals surface area contributed by atoms with Crippen molar-refractivity contribution in [3.8, 4) is 5.75 Å². The minimum Gasteiger partial charge on any atom is -0.494 e. The molecule has 2 aromatic carbocycles. The van der Waals surface area contributed by atoms with Gasteiger partial charge in [0.1, 0.15) is 11.6 Å². The van der Waals surface area contributed by atoms with E-state index in [0.29, 0.717) is 43.1 Å². The van der Waals surface area contributed by atoms with Crippen LogP contribution >= 0.6 is 0 Å². The molecule has 0 bridgehead atoms. The molecule has 0 aliphatic heterocycles. The van der Waals surface area contributed by atoms with E-state index in [2.05, 4.69) is 0 Å². The number of ether oxygens (including phenoxy) is 1. The van der Waals surface area contributed by atoms with Crippen molar-refractivity contribution in [1.29, 1.82) is 0 Å². The quantitative estimate of drug-likeness (QED) is 0.451. The molecule has 0 heterocycles. The molecule has 0 aromatic heterocycles. The van der Waals surface area contributed by atoms with E-state index in [0.717, 1.165) is 37.7 Å². The number of aliphatic hydroxyl groups is 1. The minimum absolute atomic E-state index is 0.0426. The van der Waals surface area contributed by atoms with E-state index >= 15 is 0 Å². The maximum atomic E-state index is 14.5. The van der Waals surface area contributed by atoms with Gasteiger partial charge in [-0.25, -0.2) is 13.2 Å². The van der Waals surface area contributed by atoms with Crippen LogP contribution in [0.3, 0.4) is 0 Å². The van der Waals surface area contributed by atoms with Gasteiger partial charge in [-0.2, -0.15) is 0 Å². The highest BCUT2D eigenvalue weighted by molar-refractivity contribution is 5.31. The third kappa shape index (κ3) is 5.82. The molecule has 1 fully saturated rings. The topological polar surface area (TPSA) is 29.5 Å². The third-order valence-electron chi connectivity index (χ3n) is 6.50. The van der Waals surface area contributed by atoms with Crippen molar-refractivity contribution in [2.24, 2.45) is 5.92 Å². The van der Waals surface area contributed by atoms with Gasteiger partial charge in [-0.05, 0) is 80.9 Å². The Kier molecular flexibility index (Phi) is 8.42. The van der Waals surface area contributed by atoms with Crippen molar-refractivity contribution in [3.05, 3.63) is 64.5 Å². The summed E-state index contributed by atoms with van der Waals surface area (Å²) in [5.74, 6) is -0.793. The molecule has 1 atom stereocenters. The van der Waals surface area contributed by atoms with Crippen molar-refractivity contribution in [2.45, 2.75) is 77.2 Å². The molecule has 1 unspecified atom stereocenters. The summed E-state index contributed by atoms with van der Waals surface area (Å²) in [5.41, 5.74) is 1.15. The lowest BCUT2D eigenvalue weighted by Crippen LogP contribution is -2.15. The first-order chi connectivity index (χ1) is 14.9. The Morgan fingerprint density at radius 2 is 1.74 bits per heavy atom.